The third-order valence-corrected chi connectivity index (χ3v) is 5.78. The summed E-state index contributed by atoms with van der Waals surface area (Å²) >= 11 is 0. The number of rotatable bonds is 5. The standard InChI is InChI=1S/C16H13BN2O9S2.2Na/c20-15-14(19-18-9-4-2-1-3-5-9)11-7-6-10(29(23,24)25)8-12(11)13(17(21)22)16(15)30(26,27)28;;/h1-8,20-22H,(H,23,24,25)(H,26,27,28);;/q;2*+1/p-2. The molecule has 0 saturated carbocycles. The molecule has 11 nitrogen and oxygen atoms in total. The molecule has 0 aliphatic heterocycles. The summed E-state index contributed by atoms with van der Waals surface area (Å²) in [4.78, 5) is -2.25. The van der Waals surface area contributed by atoms with Crippen LogP contribution in [0.2, 0.25) is 0 Å². The predicted octanol–water partition coefficient (Wildman–Crippen LogP) is -5.54. The van der Waals surface area contributed by atoms with E-state index in [1.54, 1.807) is 18.2 Å². The topological polar surface area (TPSA) is 200 Å². The fraction of sp³-hybridized carbons (Fsp3) is 0. The molecule has 16 heteroatoms. The molecule has 32 heavy (non-hydrogen) atoms. The molecule has 0 fully saturated rings. The van der Waals surface area contributed by atoms with E-state index in [2.05, 4.69) is 10.2 Å². The van der Waals surface area contributed by atoms with Crippen molar-refractivity contribution in [3.63, 3.8) is 0 Å². The van der Waals surface area contributed by atoms with Crippen LogP contribution in [0.5, 0.6) is 5.75 Å². The first-order valence-corrected chi connectivity index (χ1v) is 10.8. The second-order valence-corrected chi connectivity index (χ2v) is 8.66. The van der Waals surface area contributed by atoms with Crippen molar-refractivity contribution in [1.82, 2.24) is 0 Å². The molecular formula is C16H11BN2Na2O9S2. The molecule has 0 spiro atoms. The number of hydrogen-bond donors (Lipinski definition) is 3. The van der Waals surface area contributed by atoms with Gasteiger partial charge in [-0.3, -0.25) is 0 Å². The maximum atomic E-state index is 11.7. The van der Waals surface area contributed by atoms with Gasteiger partial charge < -0.3 is 24.3 Å². The van der Waals surface area contributed by atoms with Crippen molar-refractivity contribution < 1.29 is 100 Å². The first-order chi connectivity index (χ1) is 13.9. The Labute approximate surface area is 227 Å². The Morgan fingerprint density at radius 1 is 0.812 bits per heavy atom. The maximum Gasteiger partial charge on any atom is 1.00 e. The fourth-order valence-electron chi connectivity index (χ4n) is 2.81. The Morgan fingerprint density at radius 2 is 1.41 bits per heavy atom. The molecule has 3 aromatic rings. The van der Waals surface area contributed by atoms with Crippen molar-refractivity contribution in [2.75, 3.05) is 0 Å². The minimum absolute atomic E-state index is 0. The minimum atomic E-state index is -5.50. The van der Waals surface area contributed by atoms with E-state index in [9.17, 15) is 41.1 Å². The van der Waals surface area contributed by atoms with Crippen molar-refractivity contribution in [3.05, 3.63) is 48.5 Å². The number of hydrogen-bond acceptors (Lipinski definition) is 11. The molecule has 0 radical (unpaired) electrons. The molecule has 0 aliphatic rings. The van der Waals surface area contributed by atoms with Gasteiger partial charge in [0, 0.05) is 10.8 Å². The first kappa shape index (κ1) is 29.2. The van der Waals surface area contributed by atoms with Gasteiger partial charge in [-0.2, -0.15) is 5.11 Å². The van der Waals surface area contributed by atoms with E-state index in [0.29, 0.717) is 11.8 Å². The summed E-state index contributed by atoms with van der Waals surface area (Å²) in [6.45, 7) is 0. The zero-order chi connectivity index (χ0) is 22.3. The smallest absolute Gasteiger partial charge is 0.744 e. The number of fused-ring (bicyclic) bond motifs is 1. The summed E-state index contributed by atoms with van der Waals surface area (Å²) in [5.74, 6) is -1.21. The number of phenols is 1. The fourth-order valence-corrected chi connectivity index (χ4v) is 4.12. The van der Waals surface area contributed by atoms with Gasteiger partial charge in [-0.05, 0) is 29.7 Å². The van der Waals surface area contributed by atoms with Crippen LogP contribution in [0.1, 0.15) is 0 Å². The Balaban J connectivity index is 0.00000256. The van der Waals surface area contributed by atoms with E-state index < -0.39 is 59.4 Å². The van der Waals surface area contributed by atoms with E-state index >= 15 is 0 Å². The maximum absolute atomic E-state index is 11.7. The van der Waals surface area contributed by atoms with Gasteiger partial charge in [-0.1, -0.05) is 24.3 Å². The van der Waals surface area contributed by atoms with Crippen LogP contribution in [0.3, 0.4) is 0 Å². The predicted molar refractivity (Wildman–Crippen MR) is 102 cm³/mol. The van der Waals surface area contributed by atoms with Crippen LogP contribution in [0, 0.1) is 0 Å². The number of aromatic hydroxyl groups is 1. The second kappa shape index (κ2) is 11.0. The molecule has 3 rings (SSSR count). The quantitative estimate of drug-likeness (QED) is 0.175. The Bertz CT molecular complexity index is 1380. The van der Waals surface area contributed by atoms with Crippen molar-refractivity contribution in [2.24, 2.45) is 10.2 Å². The van der Waals surface area contributed by atoms with Gasteiger partial charge >= 0.3 is 66.2 Å². The van der Waals surface area contributed by atoms with E-state index in [0.717, 1.165) is 12.1 Å². The molecule has 3 aromatic carbocycles. The third kappa shape index (κ3) is 6.17. The molecule has 0 saturated heterocycles. The summed E-state index contributed by atoms with van der Waals surface area (Å²) < 4.78 is 69.3. The second-order valence-electron chi connectivity index (χ2n) is 5.96. The zero-order valence-corrected chi connectivity index (χ0v) is 22.3. The number of phenolic OH excluding ortho intramolecular Hbond substituents is 1. The van der Waals surface area contributed by atoms with Crippen molar-refractivity contribution in [2.45, 2.75) is 9.79 Å². The molecule has 3 N–H and O–H groups in total. The Morgan fingerprint density at radius 3 is 1.91 bits per heavy atom. The molecule has 0 atom stereocenters. The molecule has 0 aliphatic carbocycles. The largest absolute Gasteiger partial charge is 1.00 e. The average molecular weight is 496 g/mol. The van der Waals surface area contributed by atoms with E-state index in [1.165, 1.54) is 12.1 Å². The van der Waals surface area contributed by atoms with Crippen LogP contribution in [-0.2, 0) is 20.2 Å². The number of benzene rings is 3. The van der Waals surface area contributed by atoms with Gasteiger partial charge in [0.25, 0.3) is 0 Å². The molecular weight excluding hydrogens is 485 g/mol. The Hall–Kier alpha value is -0.875. The minimum Gasteiger partial charge on any atom is -0.744 e. The Kier molecular flexibility index (Phi) is 10.1. The van der Waals surface area contributed by atoms with Gasteiger partial charge in [-0.15, -0.1) is 5.11 Å². The third-order valence-electron chi connectivity index (χ3n) is 4.04. The molecule has 0 aromatic heterocycles. The van der Waals surface area contributed by atoms with Crippen molar-refractivity contribution >= 4 is 55.0 Å². The normalized spacial score (nSPS) is 11.8. The first-order valence-electron chi connectivity index (χ1n) is 7.98. The van der Waals surface area contributed by atoms with Gasteiger partial charge in [0.05, 0.1) is 15.5 Å². The van der Waals surface area contributed by atoms with Gasteiger partial charge in [-0.25, -0.2) is 16.8 Å². The summed E-state index contributed by atoms with van der Waals surface area (Å²) in [7, 11) is -13.1. The zero-order valence-electron chi connectivity index (χ0n) is 16.7. The van der Waals surface area contributed by atoms with Crippen LogP contribution in [0.4, 0.5) is 11.4 Å². The summed E-state index contributed by atoms with van der Waals surface area (Å²) in [6, 6.07) is 10.5. The molecule has 0 unspecified atom stereocenters. The van der Waals surface area contributed by atoms with Gasteiger partial charge in [0.2, 0.25) is 0 Å². The van der Waals surface area contributed by atoms with Gasteiger partial charge in [0.15, 0.2) is 5.75 Å². The van der Waals surface area contributed by atoms with E-state index in [-0.39, 0.29) is 64.5 Å². The average Bonchev–Trinajstić information content (AvgIpc) is 2.65. The molecule has 156 valence electrons. The summed E-state index contributed by atoms with van der Waals surface area (Å²) in [5.41, 5.74) is -1.26. The summed E-state index contributed by atoms with van der Waals surface area (Å²) in [5, 5.41) is 36.6. The molecule has 0 bridgehead atoms. The van der Waals surface area contributed by atoms with Crippen molar-refractivity contribution in [1.29, 1.82) is 0 Å². The molecule has 0 amide bonds. The monoisotopic (exact) mass is 496 g/mol. The SMILES string of the molecule is O=S(=O)([O-])c1ccc2c(N=Nc3ccccc3)c(O)c(S(=O)(=O)[O-])c(B(O)O)c2c1.[Na+].[Na+]. The van der Waals surface area contributed by atoms with Crippen LogP contribution in [0.25, 0.3) is 10.8 Å². The molecule has 0 heterocycles. The van der Waals surface area contributed by atoms with Crippen LogP contribution >= 0.6 is 0 Å². The van der Waals surface area contributed by atoms with E-state index in [4.69, 9.17) is 0 Å². The van der Waals surface area contributed by atoms with Crippen LogP contribution < -0.4 is 64.6 Å². The van der Waals surface area contributed by atoms with Gasteiger partial charge in [0.1, 0.15) is 25.9 Å². The number of azo groups is 1. The van der Waals surface area contributed by atoms with Crippen LogP contribution in [0.15, 0.2) is 68.6 Å². The van der Waals surface area contributed by atoms with Crippen molar-refractivity contribution in [3.8, 4) is 5.75 Å². The van der Waals surface area contributed by atoms with Crippen LogP contribution in [-0.4, -0.2) is 48.2 Å². The number of nitrogens with zero attached hydrogens (tertiary/aromatic N) is 2. The van der Waals surface area contributed by atoms with E-state index in [1.807, 2.05) is 0 Å². The summed E-state index contributed by atoms with van der Waals surface area (Å²) in [6.07, 6.45) is 0.